The van der Waals surface area contributed by atoms with Crippen molar-refractivity contribution < 1.29 is 14.4 Å². The van der Waals surface area contributed by atoms with Crippen molar-refractivity contribution >= 4 is 17.7 Å². The normalized spacial score (nSPS) is 22.7. The first-order chi connectivity index (χ1) is 14.5. The predicted octanol–water partition coefficient (Wildman–Crippen LogP) is 1.74. The van der Waals surface area contributed by atoms with E-state index >= 15 is 0 Å². The molecular weight excluding hydrogens is 382 g/mol. The van der Waals surface area contributed by atoms with Crippen molar-refractivity contribution in [2.24, 2.45) is 11.8 Å². The molecule has 0 aliphatic heterocycles. The number of rotatable bonds is 7. The first-order valence-corrected chi connectivity index (χ1v) is 10.8. The summed E-state index contributed by atoms with van der Waals surface area (Å²) in [6.45, 7) is 2.00. The molecular formula is C22H31N5O3. The molecule has 2 aliphatic rings. The molecule has 1 aromatic rings. The smallest absolute Gasteiger partial charge is 0.272 e. The molecule has 0 radical (unpaired) electrons. The lowest BCUT2D eigenvalue weighted by atomic mass is 9.83. The van der Waals surface area contributed by atoms with Crippen LogP contribution in [0.15, 0.2) is 30.7 Å². The summed E-state index contributed by atoms with van der Waals surface area (Å²) in [7, 11) is 0. The lowest BCUT2D eigenvalue weighted by Gasteiger charge is -2.30. The Morgan fingerprint density at radius 1 is 1.10 bits per heavy atom. The Morgan fingerprint density at radius 2 is 1.87 bits per heavy atom. The lowest BCUT2D eigenvalue weighted by Crippen LogP contribution is -2.53. The number of aromatic nitrogens is 2. The van der Waals surface area contributed by atoms with Gasteiger partial charge in [-0.15, -0.1) is 0 Å². The van der Waals surface area contributed by atoms with Gasteiger partial charge in [-0.3, -0.25) is 19.4 Å². The van der Waals surface area contributed by atoms with Gasteiger partial charge in [0.2, 0.25) is 11.8 Å². The summed E-state index contributed by atoms with van der Waals surface area (Å²) in [6, 6.07) is -0.603. The van der Waals surface area contributed by atoms with E-state index in [-0.39, 0.29) is 36.0 Å². The fourth-order valence-electron chi connectivity index (χ4n) is 4.18. The van der Waals surface area contributed by atoms with Gasteiger partial charge in [-0.05, 0) is 37.5 Å². The van der Waals surface area contributed by atoms with Gasteiger partial charge in [0, 0.05) is 18.4 Å². The van der Waals surface area contributed by atoms with E-state index in [0.717, 1.165) is 44.9 Å². The number of amides is 3. The van der Waals surface area contributed by atoms with Crippen LogP contribution in [0.25, 0.3) is 0 Å². The molecule has 162 valence electrons. The lowest BCUT2D eigenvalue weighted by molar-refractivity contribution is -0.128. The predicted molar refractivity (Wildman–Crippen MR) is 112 cm³/mol. The molecule has 30 heavy (non-hydrogen) atoms. The van der Waals surface area contributed by atoms with E-state index in [1.165, 1.54) is 18.6 Å². The maximum atomic E-state index is 12.9. The fraction of sp³-hybridized carbons (Fsp3) is 0.591. The number of hydrogen-bond donors (Lipinski definition) is 3. The van der Waals surface area contributed by atoms with Crippen LogP contribution in [-0.4, -0.2) is 46.3 Å². The molecule has 3 rings (SSSR count). The first-order valence-electron chi connectivity index (χ1n) is 10.8. The van der Waals surface area contributed by atoms with Crippen molar-refractivity contribution in [1.29, 1.82) is 0 Å². The highest BCUT2D eigenvalue weighted by atomic mass is 16.2. The van der Waals surface area contributed by atoms with E-state index in [1.54, 1.807) is 0 Å². The topological polar surface area (TPSA) is 113 Å². The van der Waals surface area contributed by atoms with Gasteiger partial charge in [0.25, 0.3) is 5.91 Å². The average Bonchev–Trinajstić information content (AvgIpc) is 2.78. The second-order valence-corrected chi connectivity index (χ2v) is 8.25. The number of hydrogen-bond acceptors (Lipinski definition) is 5. The zero-order valence-corrected chi connectivity index (χ0v) is 17.5. The molecule has 2 aliphatic carbocycles. The van der Waals surface area contributed by atoms with Gasteiger partial charge in [-0.25, -0.2) is 4.98 Å². The third-order valence-electron chi connectivity index (χ3n) is 6.01. The molecule has 1 saturated carbocycles. The fourth-order valence-corrected chi connectivity index (χ4v) is 4.18. The van der Waals surface area contributed by atoms with Crippen molar-refractivity contribution in [3.05, 3.63) is 36.4 Å². The molecule has 3 N–H and O–H groups in total. The van der Waals surface area contributed by atoms with Gasteiger partial charge in [-0.2, -0.15) is 0 Å². The van der Waals surface area contributed by atoms with E-state index in [0.29, 0.717) is 5.92 Å². The average molecular weight is 414 g/mol. The van der Waals surface area contributed by atoms with E-state index in [2.05, 4.69) is 45.0 Å². The van der Waals surface area contributed by atoms with Crippen LogP contribution in [0.1, 0.15) is 62.4 Å². The molecule has 0 spiro atoms. The summed E-state index contributed by atoms with van der Waals surface area (Å²) in [5.74, 6) is -0.549. The Hall–Kier alpha value is -2.77. The summed E-state index contributed by atoms with van der Waals surface area (Å²) >= 11 is 0. The van der Waals surface area contributed by atoms with Crippen LogP contribution in [0.4, 0.5) is 0 Å². The molecule has 1 unspecified atom stereocenters. The second kappa shape index (κ2) is 10.8. The minimum Gasteiger partial charge on any atom is -0.351 e. The number of carbonyl (C=O) groups is 3. The number of allylic oxidation sites excluding steroid dienone is 1. The molecule has 0 aromatic carbocycles. The minimum atomic E-state index is -0.691. The quantitative estimate of drug-likeness (QED) is 0.590. The van der Waals surface area contributed by atoms with Gasteiger partial charge in [0.05, 0.1) is 12.7 Å². The zero-order chi connectivity index (χ0) is 21.3. The highest BCUT2D eigenvalue weighted by Crippen LogP contribution is 2.27. The van der Waals surface area contributed by atoms with Gasteiger partial charge in [0.1, 0.15) is 11.7 Å². The van der Waals surface area contributed by atoms with Crippen LogP contribution in [0.2, 0.25) is 0 Å². The van der Waals surface area contributed by atoms with E-state index in [9.17, 15) is 14.4 Å². The molecule has 0 bridgehead atoms. The Labute approximate surface area is 177 Å². The Kier molecular flexibility index (Phi) is 7.93. The van der Waals surface area contributed by atoms with Gasteiger partial charge in [0.15, 0.2) is 0 Å². The molecule has 1 heterocycles. The highest BCUT2D eigenvalue weighted by molar-refractivity contribution is 5.96. The molecule has 1 fully saturated rings. The molecule has 8 heteroatoms. The molecule has 8 nitrogen and oxygen atoms in total. The van der Waals surface area contributed by atoms with Gasteiger partial charge >= 0.3 is 0 Å². The second-order valence-electron chi connectivity index (χ2n) is 8.25. The standard InChI is InChI=1S/C22H31N5O3/c1-15-7-5-6-10-17(15)26-19(28)14-25-22(30)20(16-8-3-2-4-9-16)27-21(29)18-13-23-11-12-24-18/h5-6,11-13,15-17,20H,2-4,7-10,14H2,1H3,(H,25,30)(H,26,28)(H,27,29)/t15-,17+,20?/m1/s1. The van der Waals surface area contributed by atoms with E-state index < -0.39 is 11.9 Å². The maximum absolute atomic E-state index is 12.9. The minimum absolute atomic E-state index is 0.0472. The van der Waals surface area contributed by atoms with Crippen LogP contribution < -0.4 is 16.0 Å². The van der Waals surface area contributed by atoms with E-state index in [4.69, 9.17) is 0 Å². The third kappa shape index (κ3) is 6.11. The first kappa shape index (κ1) is 21.9. The number of carbonyl (C=O) groups excluding carboxylic acids is 3. The van der Waals surface area contributed by atoms with Crippen molar-refractivity contribution in [2.75, 3.05) is 6.54 Å². The Morgan fingerprint density at radius 3 is 2.57 bits per heavy atom. The number of nitrogens with zero attached hydrogens (tertiary/aromatic N) is 2. The molecule has 3 atom stereocenters. The summed E-state index contributed by atoms with van der Waals surface area (Å²) in [5, 5.41) is 8.54. The van der Waals surface area contributed by atoms with Gasteiger partial charge in [-0.1, -0.05) is 38.3 Å². The monoisotopic (exact) mass is 413 g/mol. The summed E-state index contributed by atoms with van der Waals surface area (Å²) < 4.78 is 0. The van der Waals surface area contributed by atoms with Crippen LogP contribution in [0, 0.1) is 11.8 Å². The van der Waals surface area contributed by atoms with Crippen LogP contribution in [-0.2, 0) is 9.59 Å². The van der Waals surface area contributed by atoms with Crippen LogP contribution in [0.5, 0.6) is 0 Å². The number of nitrogens with one attached hydrogen (secondary N) is 3. The summed E-state index contributed by atoms with van der Waals surface area (Å²) in [6.07, 6.45) is 15.2. The van der Waals surface area contributed by atoms with Crippen LogP contribution in [0.3, 0.4) is 0 Å². The summed E-state index contributed by atoms with van der Waals surface area (Å²) in [4.78, 5) is 45.7. The van der Waals surface area contributed by atoms with Crippen molar-refractivity contribution in [3.63, 3.8) is 0 Å². The largest absolute Gasteiger partial charge is 0.351 e. The molecule has 3 amide bonds. The van der Waals surface area contributed by atoms with Crippen molar-refractivity contribution in [3.8, 4) is 0 Å². The van der Waals surface area contributed by atoms with Gasteiger partial charge < -0.3 is 16.0 Å². The summed E-state index contributed by atoms with van der Waals surface area (Å²) in [5.41, 5.74) is 0.170. The molecule has 1 aromatic heterocycles. The maximum Gasteiger partial charge on any atom is 0.272 e. The van der Waals surface area contributed by atoms with E-state index in [1.807, 2.05) is 0 Å². The highest BCUT2D eigenvalue weighted by Gasteiger charge is 2.32. The SMILES string of the molecule is C[C@@H]1CC=CC[C@@H]1NC(=O)CNC(=O)C(NC(=O)c1cnccn1)C1CCCCC1. The van der Waals surface area contributed by atoms with Crippen molar-refractivity contribution in [1.82, 2.24) is 25.9 Å². The van der Waals surface area contributed by atoms with Crippen molar-refractivity contribution in [2.45, 2.75) is 64.0 Å². The Bertz CT molecular complexity index is 761. The van der Waals surface area contributed by atoms with Crippen LogP contribution >= 0.6 is 0 Å². The molecule has 0 saturated heterocycles. The third-order valence-corrected chi connectivity index (χ3v) is 6.01. The Balaban J connectivity index is 1.58. The zero-order valence-electron chi connectivity index (χ0n) is 17.5.